The molecule has 0 bridgehead atoms. The minimum absolute atomic E-state index is 0.123. The third-order valence-electron chi connectivity index (χ3n) is 3.78. The Labute approximate surface area is 138 Å². The van der Waals surface area contributed by atoms with Gasteiger partial charge < -0.3 is 24.9 Å². The number of unbranched alkanes of at least 4 members (excludes halogenated alkanes) is 8. The van der Waals surface area contributed by atoms with Crippen LogP contribution in [0.25, 0.3) is 0 Å². The molecule has 0 heterocycles. The molecule has 3 N–H and O–H groups in total. The van der Waals surface area contributed by atoms with Gasteiger partial charge in [0.2, 0.25) is 0 Å². The van der Waals surface area contributed by atoms with E-state index in [0.717, 1.165) is 19.3 Å². The number of hydrogen-bond donors (Lipinski definition) is 3. The standard InChI is InChI=1S/C17H32O6/c1-2-3-4-5-6-7-8-9-10-11-16(21)23-13-15(20)17(22)14(19)12-18/h12,14-15,17,19-20,22H,2-11,13H2,1H3/t14-,15+,17+/m0/s1. The lowest BCUT2D eigenvalue weighted by molar-refractivity contribution is -0.152. The van der Waals surface area contributed by atoms with E-state index in [1.807, 2.05) is 0 Å². The van der Waals surface area contributed by atoms with E-state index in [4.69, 9.17) is 9.84 Å². The third-order valence-corrected chi connectivity index (χ3v) is 3.78. The molecule has 0 amide bonds. The first-order valence-electron chi connectivity index (χ1n) is 8.68. The van der Waals surface area contributed by atoms with Crippen LogP contribution in [-0.2, 0) is 14.3 Å². The second-order valence-corrected chi connectivity index (χ2v) is 5.95. The van der Waals surface area contributed by atoms with Crippen LogP contribution in [0, 0.1) is 0 Å². The highest BCUT2D eigenvalue weighted by atomic mass is 16.5. The van der Waals surface area contributed by atoms with Gasteiger partial charge in [0.05, 0.1) is 0 Å². The Balaban J connectivity index is 3.52. The van der Waals surface area contributed by atoms with Crippen LogP contribution in [0.15, 0.2) is 0 Å². The Morgan fingerprint density at radius 2 is 1.48 bits per heavy atom. The molecule has 0 aliphatic heterocycles. The van der Waals surface area contributed by atoms with Gasteiger partial charge in [-0.15, -0.1) is 0 Å². The van der Waals surface area contributed by atoms with E-state index in [0.29, 0.717) is 0 Å². The van der Waals surface area contributed by atoms with Crippen molar-refractivity contribution in [2.75, 3.05) is 6.61 Å². The van der Waals surface area contributed by atoms with Gasteiger partial charge in [0.25, 0.3) is 0 Å². The van der Waals surface area contributed by atoms with Gasteiger partial charge in [-0.2, -0.15) is 0 Å². The fraction of sp³-hybridized carbons (Fsp3) is 0.882. The minimum atomic E-state index is -1.68. The molecule has 136 valence electrons. The molecule has 3 atom stereocenters. The van der Waals surface area contributed by atoms with E-state index < -0.39 is 30.9 Å². The molecule has 0 fully saturated rings. The van der Waals surface area contributed by atoms with E-state index >= 15 is 0 Å². The molecule has 0 aromatic rings. The zero-order valence-corrected chi connectivity index (χ0v) is 14.2. The summed E-state index contributed by atoms with van der Waals surface area (Å²) < 4.78 is 4.82. The quantitative estimate of drug-likeness (QED) is 0.240. The topological polar surface area (TPSA) is 104 Å². The molecular formula is C17H32O6. The highest BCUT2D eigenvalue weighted by Crippen LogP contribution is 2.11. The zero-order chi connectivity index (χ0) is 17.5. The molecule has 23 heavy (non-hydrogen) atoms. The SMILES string of the molecule is CCCCCCCCCCCC(=O)OC[C@@H](O)[C@H](O)[C@@H](O)C=O. The maximum absolute atomic E-state index is 11.5. The number of carbonyl (C=O) groups is 2. The lowest BCUT2D eigenvalue weighted by Crippen LogP contribution is -2.41. The summed E-state index contributed by atoms with van der Waals surface area (Å²) in [6, 6.07) is 0. The predicted molar refractivity (Wildman–Crippen MR) is 86.9 cm³/mol. The lowest BCUT2D eigenvalue weighted by atomic mass is 10.1. The van der Waals surface area contributed by atoms with Crippen molar-refractivity contribution < 1.29 is 29.6 Å². The van der Waals surface area contributed by atoms with E-state index in [9.17, 15) is 19.8 Å². The maximum Gasteiger partial charge on any atom is 0.305 e. The molecule has 6 nitrogen and oxygen atoms in total. The summed E-state index contributed by atoms with van der Waals surface area (Å²) in [5.74, 6) is -0.445. The first kappa shape index (κ1) is 22.0. The first-order chi connectivity index (χ1) is 11.0. The molecule has 0 aliphatic carbocycles. The number of hydrogen-bond acceptors (Lipinski definition) is 6. The van der Waals surface area contributed by atoms with Crippen molar-refractivity contribution in [2.45, 2.75) is 89.4 Å². The van der Waals surface area contributed by atoms with Crippen LogP contribution in [0.5, 0.6) is 0 Å². The van der Waals surface area contributed by atoms with Crippen molar-refractivity contribution in [2.24, 2.45) is 0 Å². The molecule has 0 spiro atoms. The molecule has 0 rings (SSSR count). The number of esters is 1. The minimum Gasteiger partial charge on any atom is -0.463 e. The summed E-state index contributed by atoms with van der Waals surface area (Å²) in [7, 11) is 0. The van der Waals surface area contributed by atoms with Crippen LogP contribution in [0.4, 0.5) is 0 Å². The van der Waals surface area contributed by atoms with E-state index in [1.165, 1.54) is 38.5 Å². The summed E-state index contributed by atoms with van der Waals surface area (Å²) in [6.07, 6.45) is 5.98. The van der Waals surface area contributed by atoms with Gasteiger partial charge >= 0.3 is 5.97 Å². The molecule has 0 radical (unpaired) electrons. The van der Waals surface area contributed by atoms with Crippen molar-refractivity contribution in [3.63, 3.8) is 0 Å². The number of carbonyl (C=O) groups excluding carboxylic acids is 2. The highest BCUT2D eigenvalue weighted by Gasteiger charge is 2.25. The average molecular weight is 332 g/mol. The van der Waals surface area contributed by atoms with Crippen LogP contribution >= 0.6 is 0 Å². The molecule has 0 aromatic heterocycles. The van der Waals surface area contributed by atoms with Crippen molar-refractivity contribution >= 4 is 12.3 Å². The second-order valence-electron chi connectivity index (χ2n) is 5.95. The fourth-order valence-electron chi connectivity index (χ4n) is 2.24. The van der Waals surface area contributed by atoms with Crippen molar-refractivity contribution in [1.82, 2.24) is 0 Å². The molecule has 0 aliphatic rings. The highest BCUT2D eigenvalue weighted by molar-refractivity contribution is 5.69. The lowest BCUT2D eigenvalue weighted by Gasteiger charge is -2.19. The Morgan fingerprint density at radius 3 is 2.00 bits per heavy atom. The van der Waals surface area contributed by atoms with E-state index in [-0.39, 0.29) is 12.7 Å². The average Bonchev–Trinajstić information content (AvgIpc) is 2.56. The van der Waals surface area contributed by atoms with Crippen molar-refractivity contribution in [3.05, 3.63) is 0 Å². The second kappa shape index (κ2) is 14.6. The predicted octanol–water partition coefficient (Wildman–Crippen LogP) is 1.73. The van der Waals surface area contributed by atoms with Gasteiger partial charge in [0.1, 0.15) is 24.9 Å². The molecular weight excluding hydrogens is 300 g/mol. The molecule has 0 unspecified atom stereocenters. The number of aliphatic hydroxyl groups excluding tert-OH is 3. The van der Waals surface area contributed by atoms with Crippen LogP contribution in [0.1, 0.15) is 71.1 Å². The molecule has 0 aromatic carbocycles. The molecule has 6 heteroatoms. The summed E-state index contributed by atoms with van der Waals surface area (Å²) >= 11 is 0. The smallest absolute Gasteiger partial charge is 0.305 e. The van der Waals surface area contributed by atoms with Gasteiger partial charge in [-0.05, 0) is 6.42 Å². The largest absolute Gasteiger partial charge is 0.463 e. The molecule has 0 saturated carbocycles. The van der Waals surface area contributed by atoms with Crippen LogP contribution in [-0.4, -0.2) is 52.5 Å². The fourth-order valence-corrected chi connectivity index (χ4v) is 2.24. The Kier molecular flexibility index (Phi) is 14.0. The normalized spacial score (nSPS) is 15.0. The monoisotopic (exact) mass is 332 g/mol. The maximum atomic E-state index is 11.5. The van der Waals surface area contributed by atoms with Gasteiger partial charge in [-0.3, -0.25) is 4.79 Å². The van der Waals surface area contributed by atoms with Crippen LogP contribution < -0.4 is 0 Å². The third kappa shape index (κ3) is 12.1. The van der Waals surface area contributed by atoms with Crippen molar-refractivity contribution in [1.29, 1.82) is 0 Å². The Bertz CT molecular complexity index is 307. The number of ether oxygens (including phenoxy) is 1. The summed E-state index contributed by atoms with van der Waals surface area (Å²) in [6.45, 7) is 1.77. The first-order valence-corrected chi connectivity index (χ1v) is 8.68. The van der Waals surface area contributed by atoms with E-state index in [1.54, 1.807) is 0 Å². The van der Waals surface area contributed by atoms with Crippen LogP contribution in [0.3, 0.4) is 0 Å². The zero-order valence-electron chi connectivity index (χ0n) is 14.2. The summed E-state index contributed by atoms with van der Waals surface area (Å²) in [5.41, 5.74) is 0. The Morgan fingerprint density at radius 1 is 0.957 bits per heavy atom. The van der Waals surface area contributed by atoms with Gasteiger partial charge in [0, 0.05) is 6.42 Å². The van der Waals surface area contributed by atoms with Gasteiger partial charge in [0.15, 0.2) is 6.29 Å². The summed E-state index contributed by atoms with van der Waals surface area (Å²) in [5, 5.41) is 27.8. The Hall–Kier alpha value is -0.980. The van der Waals surface area contributed by atoms with Crippen LogP contribution in [0.2, 0.25) is 0 Å². The van der Waals surface area contributed by atoms with Crippen molar-refractivity contribution in [3.8, 4) is 0 Å². The van der Waals surface area contributed by atoms with E-state index in [2.05, 4.69) is 6.92 Å². The van der Waals surface area contributed by atoms with Gasteiger partial charge in [-0.1, -0.05) is 58.3 Å². The van der Waals surface area contributed by atoms with Gasteiger partial charge in [-0.25, -0.2) is 0 Å². The number of aldehydes is 1. The number of rotatable bonds is 15. The number of aliphatic hydroxyl groups is 3. The molecule has 0 saturated heterocycles. The summed E-state index contributed by atoms with van der Waals surface area (Å²) in [4.78, 5) is 21.7.